The Hall–Kier alpha value is -4.61. The molecule has 0 aliphatic carbocycles. The van der Waals surface area contributed by atoms with Crippen LogP contribution in [0.25, 0.3) is 0 Å². The fourth-order valence-corrected chi connectivity index (χ4v) is 4.42. The number of hydrogen-bond acceptors (Lipinski definition) is 5. The van der Waals surface area contributed by atoms with Crippen LogP contribution in [-0.2, 0) is 16.6 Å². The Kier molecular flexibility index (Phi) is 7.10. The monoisotopic (exact) mass is 483 g/mol. The maximum absolute atomic E-state index is 12.9. The third-order valence-corrected chi connectivity index (χ3v) is 6.48. The third kappa shape index (κ3) is 5.85. The molecular formula is C27H21N3O4S. The molecule has 7 nitrogen and oxygen atoms in total. The average molecular weight is 484 g/mol. The van der Waals surface area contributed by atoms with Crippen molar-refractivity contribution in [3.63, 3.8) is 0 Å². The quantitative estimate of drug-likeness (QED) is 0.359. The van der Waals surface area contributed by atoms with Crippen LogP contribution in [0.15, 0.2) is 108 Å². The zero-order valence-corrected chi connectivity index (χ0v) is 19.3. The van der Waals surface area contributed by atoms with E-state index < -0.39 is 15.9 Å². The summed E-state index contributed by atoms with van der Waals surface area (Å²) in [4.78, 5) is 13.1. The highest BCUT2D eigenvalue weighted by Gasteiger charge is 2.17. The van der Waals surface area contributed by atoms with Gasteiger partial charge in [-0.2, -0.15) is 5.26 Å². The van der Waals surface area contributed by atoms with Crippen LogP contribution in [0.2, 0.25) is 0 Å². The summed E-state index contributed by atoms with van der Waals surface area (Å²) in [5.41, 5.74) is 2.15. The number of benzene rings is 4. The molecule has 35 heavy (non-hydrogen) atoms. The molecule has 0 saturated heterocycles. The first-order valence-corrected chi connectivity index (χ1v) is 12.1. The molecule has 0 aliphatic heterocycles. The molecule has 0 unspecified atom stereocenters. The molecule has 174 valence electrons. The van der Waals surface area contributed by atoms with E-state index in [9.17, 15) is 18.5 Å². The molecular weight excluding hydrogens is 462 g/mol. The van der Waals surface area contributed by atoms with E-state index in [-0.39, 0.29) is 17.2 Å². The summed E-state index contributed by atoms with van der Waals surface area (Å²) in [5, 5.41) is 12.0. The van der Waals surface area contributed by atoms with Gasteiger partial charge in [-0.25, -0.2) is 8.42 Å². The first-order valence-electron chi connectivity index (χ1n) is 10.7. The summed E-state index contributed by atoms with van der Waals surface area (Å²) in [5.74, 6) is 0.0303. The smallest absolute Gasteiger partial charge is 0.261 e. The fourth-order valence-electron chi connectivity index (χ4n) is 3.32. The molecule has 1 amide bonds. The van der Waals surface area contributed by atoms with E-state index in [4.69, 9.17) is 4.74 Å². The number of anilines is 2. The standard InChI is InChI=1S/C27H21N3O4S/c28-18-21-9-4-5-10-22(21)19-34-23-12-8-11-20(17-23)27(31)29-25-15-6-7-16-26(25)30-35(32,33)24-13-2-1-3-14-24/h1-17,30H,19H2,(H,29,31). The number of sulfonamides is 1. The van der Waals surface area contributed by atoms with Crippen molar-refractivity contribution in [2.45, 2.75) is 11.5 Å². The highest BCUT2D eigenvalue weighted by Crippen LogP contribution is 2.25. The number of hydrogen-bond donors (Lipinski definition) is 2. The number of rotatable bonds is 8. The van der Waals surface area contributed by atoms with E-state index in [0.717, 1.165) is 5.56 Å². The number of amides is 1. The Morgan fingerprint density at radius 2 is 1.51 bits per heavy atom. The van der Waals surface area contributed by atoms with Gasteiger partial charge in [0, 0.05) is 11.1 Å². The molecule has 0 aliphatic rings. The van der Waals surface area contributed by atoms with Crippen molar-refractivity contribution in [2.75, 3.05) is 10.0 Å². The van der Waals surface area contributed by atoms with Crippen LogP contribution in [0.3, 0.4) is 0 Å². The van der Waals surface area contributed by atoms with Crippen LogP contribution in [0.4, 0.5) is 11.4 Å². The Morgan fingerprint density at radius 1 is 0.829 bits per heavy atom. The number of nitriles is 1. The average Bonchev–Trinajstić information content (AvgIpc) is 2.89. The van der Waals surface area contributed by atoms with Gasteiger partial charge in [-0.15, -0.1) is 0 Å². The number of para-hydroxylation sites is 2. The molecule has 0 saturated carbocycles. The van der Waals surface area contributed by atoms with Gasteiger partial charge < -0.3 is 10.1 Å². The molecule has 0 atom stereocenters. The van der Waals surface area contributed by atoms with Gasteiger partial charge in [0.15, 0.2) is 0 Å². The van der Waals surface area contributed by atoms with E-state index in [1.807, 2.05) is 12.1 Å². The molecule has 0 radical (unpaired) electrons. The molecule has 0 fully saturated rings. The second-order valence-corrected chi connectivity index (χ2v) is 9.19. The van der Waals surface area contributed by atoms with E-state index >= 15 is 0 Å². The van der Waals surface area contributed by atoms with Crippen molar-refractivity contribution < 1.29 is 17.9 Å². The lowest BCUT2D eigenvalue weighted by Crippen LogP contribution is -2.17. The minimum Gasteiger partial charge on any atom is -0.489 e. The summed E-state index contributed by atoms with van der Waals surface area (Å²) in [7, 11) is -3.83. The van der Waals surface area contributed by atoms with E-state index in [2.05, 4.69) is 16.1 Å². The molecule has 0 bridgehead atoms. The zero-order valence-electron chi connectivity index (χ0n) is 18.5. The maximum atomic E-state index is 12.9. The van der Waals surface area contributed by atoms with Crippen LogP contribution in [0.1, 0.15) is 21.5 Å². The third-order valence-electron chi connectivity index (χ3n) is 5.10. The van der Waals surface area contributed by atoms with Crippen LogP contribution in [0.5, 0.6) is 5.75 Å². The first kappa shape index (κ1) is 23.5. The Morgan fingerprint density at radius 3 is 2.29 bits per heavy atom. The lowest BCUT2D eigenvalue weighted by Gasteiger charge is -2.14. The van der Waals surface area contributed by atoms with Gasteiger partial charge in [0.05, 0.1) is 27.9 Å². The molecule has 4 aromatic rings. The van der Waals surface area contributed by atoms with Gasteiger partial charge in [0.25, 0.3) is 15.9 Å². The molecule has 2 N–H and O–H groups in total. The summed E-state index contributed by atoms with van der Waals surface area (Å²) >= 11 is 0. The number of carbonyl (C=O) groups excluding carboxylic acids is 1. The van der Waals surface area contributed by atoms with E-state index in [1.165, 1.54) is 12.1 Å². The zero-order chi connectivity index (χ0) is 24.7. The van der Waals surface area contributed by atoms with Crippen molar-refractivity contribution in [1.29, 1.82) is 5.26 Å². The molecule has 0 heterocycles. The minimum absolute atomic E-state index is 0.115. The molecule has 0 spiro atoms. The van der Waals surface area contributed by atoms with Crippen molar-refractivity contribution >= 4 is 27.3 Å². The van der Waals surface area contributed by atoms with Crippen LogP contribution in [0, 0.1) is 11.3 Å². The predicted molar refractivity (Wildman–Crippen MR) is 134 cm³/mol. The van der Waals surface area contributed by atoms with Crippen LogP contribution in [-0.4, -0.2) is 14.3 Å². The lowest BCUT2D eigenvalue weighted by molar-refractivity contribution is 0.102. The number of ether oxygens (including phenoxy) is 1. The fraction of sp³-hybridized carbons (Fsp3) is 0.0370. The summed E-state index contributed by atoms with van der Waals surface area (Å²) in [6.07, 6.45) is 0. The predicted octanol–water partition coefficient (Wildman–Crippen LogP) is 5.19. The van der Waals surface area contributed by atoms with Gasteiger partial charge in [-0.3, -0.25) is 9.52 Å². The van der Waals surface area contributed by atoms with Crippen molar-refractivity contribution in [2.24, 2.45) is 0 Å². The van der Waals surface area contributed by atoms with E-state index in [0.29, 0.717) is 22.6 Å². The Labute approximate surface area is 203 Å². The molecule has 0 aromatic heterocycles. The number of carbonyl (C=O) groups is 1. The highest BCUT2D eigenvalue weighted by atomic mass is 32.2. The minimum atomic E-state index is -3.83. The summed E-state index contributed by atoms with van der Waals surface area (Å²) in [6, 6.07) is 30.4. The van der Waals surface area contributed by atoms with Crippen molar-refractivity contribution in [3.05, 3.63) is 120 Å². The van der Waals surface area contributed by atoms with Crippen molar-refractivity contribution in [3.8, 4) is 11.8 Å². The van der Waals surface area contributed by atoms with Gasteiger partial charge in [0.2, 0.25) is 0 Å². The van der Waals surface area contributed by atoms with Crippen LogP contribution >= 0.6 is 0 Å². The van der Waals surface area contributed by atoms with Gasteiger partial charge in [-0.05, 0) is 48.5 Å². The second-order valence-electron chi connectivity index (χ2n) is 7.50. The summed E-state index contributed by atoms with van der Waals surface area (Å²) in [6.45, 7) is 0.179. The van der Waals surface area contributed by atoms with Gasteiger partial charge in [-0.1, -0.05) is 54.6 Å². The normalized spacial score (nSPS) is 10.7. The molecule has 8 heteroatoms. The molecule has 4 rings (SSSR count). The molecule has 4 aromatic carbocycles. The van der Waals surface area contributed by atoms with Crippen molar-refractivity contribution in [1.82, 2.24) is 0 Å². The first-order chi connectivity index (χ1) is 17.0. The van der Waals surface area contributed by atoms with Gasteiger partial charge >= 0.3 is 0 Å². The SMILES string of the molecule is N#Cc1ccccc1COc1cccc(C(=O)Nc2ccccc2NS(=O)(=O)c2ccccc2)c1. The Bertz CT molecular complexity index is 1500. The number of nitrogens with one attached hydrogen (secondary N) is 2. The topological polar surface area (TPSA) is 108 Å². The Balaban J connectivity index is 1.49. The van der Waals surface area contributed by atoms with Crippen LogP contribution < -0.4 is 14.8 Å². The summed E-state index contributed by atoms with van der Waals surface area (Å²) < 4.78 is 33.8. The highest BCUT2D eigenvalue weighted by molar-refractivity contribution is 7.92. The van der Waals surface area contributed by atoms with E-state index in [1.54, 1.807) is 78.9 Å². The van der Waals surface area contributed by atoms with Gasteiger partial charge in [0.1, 0.15) is 12.4 Å². The largest absolute Gasteiger partial charge is 0.489 e. The lowest BCUT2D eigenvalue weighted by atomic mass is 10.1. The second kappa shape index (κ2) is 10.5. The maximum Gasteiger partial charge on any atom is 0.261 e. The number of nitrogens with zero attached hydrogens (tertiary/aromatic N) is 1.